The Bertz CT molecular complexity index is 1070. The molecule has 2 aromatic carbocycles. The fraction of sp³-hybridized carbons (Fsp3) is 0.250. The first-order valence-corrected chi connectivity index (χ1v) is 9.72. The van der Waals surface area contributed by atoms with Gasteiger partial charge in [-0.1, -0.05) is 30.9 Å². The van der Waals surface area contributed by atoms with Crippen molar-refractivity contribution >= 4 is 11.8 Å². The first kappa shape index (κ1) is 24.5. The van der Waals surface area contributed by atoms with Crippen molar-refractivity contribution in [3.63, 3.8) is 0 Å². The van der Waals surface area contributed by atoms with Crippen molar-refractivity contribution in [1.29, 1.82) is 0 Å². The quantitative estimate of drug-likeness (QED) is 0.315. The lowest BCUT2D eigenvalue weighted by Gasteiger charge is -2.32. The van der Waals surface area contributed by atoms with E-state index in [1.807, 2.05) is 24.3 Å². The predicted molar refractivity (Wildman–Crippen MR) is 116 cm³/mol. The van der Waals surface area contributed by atoms with E-state index in [0.29, 0.717) is 5.56 Å². The molecule has 2 atom stereocenters. The first-order valence-electron chi connectivity index (χ1n) is 9.72. The normalized spacial score (nSPS) is 13.0. The molecular formula is C24H23F2N3O3. The Hall–Kier alpha value is -3.72. The Morgan fingerprint density at radius 3 is 1.97 bits per heavy atom. The zero-order chi connectivity index (χ0) is 23.7. The van der Waals surface area contributed by atoms with Gasteiger partial charge in [0.2, 0.25) is 0 Å². The fourth-order valence-corrected chi connectivity index (χ4v) is 2.64. The summed E-state index contributed by atoms with van der Waals surface area (Å²) >= 11 is 0. The number of carbonyl (C=O) groups is 2. The maximum absolute atomic E-state index is 13.2. The molecule has 166 valence electrons. The molecule has 0 aliphatic carbocycles. The molecule has 5 N–H and O–H groups in total. The zero-order valence-electron chi connectivity index (χ0n) is 17.6. The van der Waals surface area contributed by atoms with Crippen LogP contribution in [0.1, 0.15) is 40.9 Å². The topological polar surface area (TPSA) is 104 Å². The molecule has 6 nitrogen and oxygen atoms in total. The first-order chi connectivity index (χ1) is 15.2. The lowest BCUT2D eigenvalue weighted by atomic mass is 9.92. The van der Waals surface area contributed by atoms with E-state index in [2.05, 4.69) is 35.9 Å². The molecule has 0 bridgehead atoms. The van der Waals surface area contributed by atoms with Gasteiger partial charge in [-0.15, -0.1) is 0 Å². The number of nitrogens with two attached hydrogens (primary N) is 1. The molecule has 0 spiro atoms. The third-order valence-electron chi connectivity index (χ3n) is 4.73. The minimum atomic E-state index is -3.13. The summed E-state index contributed by atoms with van der Waals surface area (Å²) < 4.78 is 26.4. The Morgan fingerprint density at radius 1 is 1.03 bits per heavy atom. The van der Waals surface area contributed by atoms with Crippen molar-refractivity contribution in [2.45, 2.75) is 38.3 Å². The van der Waals surface area contributed by atoms with E-state index in [0.717, 1.165) is 18.9 Å². The molecule has 0 aromatic heterocycles. The molecule has 32 heavy (non-hydrogen) atoms. The van der Waals surface area contributed by atoms with Crippen LogP contribution in [0.5, 0.6) is 0 Å². The van der Waals surface area contributed by atoms with E-state index in [1.54, 1.807) is 12.1 Å². The van der Waals surface area contributed by atoms with Gasteiger partial charge in [-0.05, 0) is 67.1 Å². The fourth-order valence-electron chi connectivity index (χ4n) is 2.64. The smallest absolute Gasteiger partial charge is 0.268 e. The highest BCUT2D eigenvalue weighted by atomic mass is 19.3. The number of hydrogen-bond donors (Lipinski definition) is 4. The van der Waals surface area contributed by atoms with Crippen molar-refractivity contribution in [3.05, 3.63) is 70.8 Å². The van der Waals surface area contributed by atoms with Crippen LogP contribution in [0, 0.1) is 23.7 Å². The summed E-state index contributed by atoms with van der Waals surface area (Å²) in [7, 11) is 0. The van der Waals surface area contributed by atoms with Crippen LogP contribution < -0.4 is 16.5 Å². The van der Waals surface area contributed by atoms with Gasteiger partial charge in [-0.3, -0.25) is 14.8 Å². The van der Waals surface area contributed by atoms with Gasteiger partial charge in [0, 0.05) is 16.7 Å². The molecule has 0 saturated heterocycles. The van der Waals surface area contributed by atoms with E-state index in [1.165, 1.54) is 23.2 Å². The molecule has 8 heteroatoms. The van der Waals surface area contributed by atoms with Crippen molar-refractivity contribution in [1.82, 2.24) is 10.8 Å². The van der Waals surface area contributed by atoms with E-state index >= 15 is 0 Å². The van der Waals surface area contributed by atoms with E-state index in [9.17, 15) is 18.4 Å². The maximum Gasteiger partial charge on any atom is 0.268 e. The van der Waals surface area contributed by atoms with Gasteiger partial charge < -0.3 is 11.1 Å². The third kappa shape index (κ3) is 6.39. The minimum Gasteiger partial charge on any atom is -0.338 e. The summed E-state index contributed by atoms with van der Waals surface area (Å²) in [6.07, 6.45) is -2.18. The Morgan fingerprint density at radius 2 is 1.53 bits per heavy atom. The molecule has 2 amide bonds. The SMILES string of the molecule is CCc1ccc(C#CC#Cc2ccc(C(=O)N[C@H](C(=O)NO)C(C)(N)C(F)F)cc2)cc1. The molecule has 0 fully saturated rings. The third-order valence-corrected chi connectivity index (χ3v) is 4.73. The zero-order valence-corrected chi connectivity index (χ0v) is 17.6. The van der Waals surface area contributed by atoms with Crippen molar-refractivity contribution in [2.75, 3.05) is 0 Å². The van der Waals surface area contributed by atoms with Gasteiger partial charge in [-0.2, -0.15) is 0 Å². The standard InChI is InChI=1S/C24H23F2N3O3/c1-3-16-8-10-17(11-9-16)6-4-5-7-18-12-14-19(15-13-18)21(30)28-20(22(31)29-32)24(2,27)23(25)26/h8-15,20,23,32H,3,27H2,1-2H3,(H,28,30)(H,29,31)/t20-,24?/m1/s1. The van der Waals surface area contributed by atoms with E-state index in [-0.39, 0.29) is 5.56 Å². The second kappa shape index (κ2) is 11.1. The number of nitrogens with one attached hydrogen (secondary N) is 2. The molecule has 2 rings (SSSR count). The molecular weight excluding hydrogens is 416 g/mol. The number of amides is 2. The second-order valence-electron chi connectivity index (χ2n) is 7.18. The lowest BCUT2D eigenvalue weighted by molar-refractivity contribution is -0.134. The second-order valence-corrected chi connectivity index (χ2v) is 7.18. The average molecular weight is 439 g/mol. The summed E-state index contributed by atoms with van der Waals surface area (Å²) in [6, 6.07) is 11.9. The molecule has 2 aromatic rings. The van der Waals surface area contributed by atoms with Gasteiger partial charge in [-0.25, -0.2) is 14.3 Å². The number of aryl methyl sites for hydroxylation is 1. The molecule has 0 radical (unpaired) electrons. The summed E-state index contributed by atoms with van der Waals surface area (Å²) in [4.78, 5) is 24.1. The van der Waals surface area contributed by atoms with Crippen molar-refractivity contribution in [2.24, 2.45) is 5.73 Å². The van der Waals surface area contributed by atoms with Crippen LogP contribution in [0.15, 0.2) is 48.5 Å². The van der Waals surface area contributed by atoms with Gasteiger partial charge in [0.05, 0.1) is 0 Å². The number of rotatable bonds is 6. The number of hydroxylamine groups is 1. The van der Waals surface area contributed by atoms with Crippen LogP contribution in [0.3, 0.4) is 0 Å². The van der Waals surface area contributed by atoms with E-state index < -0.39 is 29.8 Å². The number of alkyl halides is 2. The van der Waals surface area contributed by atoms with E-state index in [4.69, 9.17) is 10.9 Å². The van der Waals surface area contributed by atoms with Crippen LogP contribution in [-0.2, 0) is 11.2 Å². The molecule has 0 aliphatic heterocycles. The van der Waals surface area contributed by atoms with Crippen molar-refractivity contribution < 1.29 is 23.6 Å². The highest BCUT2D eigenvalue weighted by Gasteiger charge is 2.44. The maximum atomic E-state index is 13.2. The molecule has 1 unspecified atom stereocenters. The number of carbonyl (C=O) groups excluding carboxylic acids is 2. The predicted octanol–water partition coefficient (Wildman–Crippen LogP) is 2.24. The van der Waals surface area contributed by atoms with Crippen LogP contribution in [-0.4, -0.2) is 35.0 Å². The Labute approximate surface area is 185 Å². The van der Waals surface area contributed by atoms with Crippen LogP contribution in [0.4, 0.5) is 8.78 Å². The van der Waals surface area contributed by atoms with Crippen LogP contribution in [0.2, 0.25) is 0 Å². The largest absolute Gasteiger partial charge is 0.338 e. The number of benzene rings is 2. The monoisotopic (exact) mass is 439 g/mol. The van der Waals surface area contributed by atoms with Crippen LogP contribution >= 0.6 is 0 Å². The van der Waals surface area contributed by atoms with Gasteiger partial charge >= 0.3 is 0 Å². The van der Waals surface area contributed by atoms with Gasteiger partial charge in [0.25, 0.3) is 18.2 Å². The summed E-state index contributed by atoms with van der Waals surface area (Å²) in [5.74, 6) is 9.18. The van der Waals surface area contributed by atoms with Gasteiger partial charge in [0.15, 0.2) is 0 Å². The molecule has 0 heterocycles. The van der Waals surface area contributed by atoms with Crippen LogP contribution in [0.25, 0.3) is 0 Å². The number of halogens is 2. The van der Waals surface area contributed by atoms with Crippen molar-refractivity contribution in [3.8, 4) is 23.7 Å². The summed E-state index contributed by atoms with van der Waals surface area (Å²) in [5.41, 5.74) is 7.07. The van der Waals surface area contributed by atoms with Gasteiger partial charge in [0.1, 0.15) is 11.6 Å². The highest BCUT2D eigenvalue weighted by molar-refractivity contribution is 5.98. The average Bonchev–Trinajstić information content (AvgIpc) is 2.80. The Kier molecular flexibility index (Phi) is 8.48. The minimum absolute atomic E-state index is 0.0958. The highest BCUT2D eigenvalue weighted by Crippen LogP contribution is 2.18. The molecule has 0 saturated carbocycles. The number of hydrogen-bond acceptors (Lipinski definition) is 4. The summed E-state index contributed by atoms with van der Waals surface area (Å²) in [5, 5.41) is 10.9. The lowest BCUT2D eigenvalue weighted by Crippen LogP contribution is -2.66. The summed E-state index contributed by atoms with van der Waals surface area (Å²) in [6.45, 7) is 2.97. The molecule has 0 aliphatic rings. The Balaban J connectivity index is 2.08.